The van der Waals surface area contributed by atoms with Crippen LogP contribution in [0.2, 0.25) is 0 Å². The Hall–Kier alpha value is -3.28. The van der Waals surface area contributed by atoms with Gasteiger partial charge in [0.15, 0.2) is 0 Å². The second-order valence-electron chi connectivity index (χ2n) is 4.94. The van der Waals surface area contributed by atoms with Gasteiger partial charge in [-0.25, -0.2) is 19.3 Å². The number of aromatic nitrogens is 4. The third-order valence-corrected chi connectivity index (χ3v) is 3.46. The number of nitrogens with zero attached hydrogens (tertiary/aromatic N) is 4. The Morgan fingerprint density at radius 2 is 1.83 bits per heavy atom. The van der Waals surface area contributed by atoms with Gasteiger partial charge in [-0.05, 0) is 30.3 Å². The lowest BCUT2D eigenvalue weighted by Gasteiger charge is -2.07. The number of benzene rings is 1. The molecule has 3 aromatic heterocycles. The Morgan fingerprint density at radius 3 is 2.74 bits per heavy atom. The van der Waals surface area contributed by atoms with Gasteiger partial charge in [0, 0.05) is 12.4 Å². The molecule has 0 saturated heterocycles. The number of para-hydroxylation sites is 1. The number of imidazole rings is 1. The minimum absolute atomic E-state index is 0.332. The lowest BCUT2D eigenvalue weighted by molar-refractivity contribution is 0.631. The van der Waals surface area contributed by atoms with Crippen LogP contribution in [0.25, 0.3) is 17.0 Å². The number of rotatable bonds is 3. The van der Waals surface area contributed by atoms with Gasteiger partial charge >= 0.3 is 0 Å². The first-order chi connectivity index (χ1) is 11.3. The van der Waals surface area contributed by atoms with E-state index in [0.717, 1.165) is 11.3 Å². The van der Waals surface area contributed by atoms with Crippen LogP contribution in [0.4, 0.5) is 16.0 Å². The molecule has 3 heterocycles. The molecule has 1 aromatic carbocycles. The number of hydrogen-bond donors (Lipinski definition) is 1. The van der Waals surface area contributed by atoms with Gasteiger partial charge in [-0.3, -0.25) is 4.40 Å². The Kier molecular flexibility index (Phi) is 3.20. The summed E-state index contributed by atoms with van der Waals surface area (Å²) in [4.78, 5) is 12.9. The third-order valence-electron chi connectivity index (χ3n) is 3.46. The molecule has 0 aliphatic heterocycles. The van der Waals surface area contributed by atoms with Crippen LogP contribution in [0.5, 0.6) is 0 Å². The number of hydrogen-bond acceptors (Lipinski definition) is 4. The quantitative estimate of drug-likeness (QED) is 0.627. The molecule has 4 rings (SSSR count). The molecule has 0 unspecified atom stereocenters. The summed E-state index contributed by atoms with van der Waals surface area (Å²) in [5.74, 6) is -0.0187. The van der Waals surface area contributed by atoms with Gasteiger partial charge < -0.3 is 5.32 Å². The molecule has 6 heteroatoms. The molecule has 0 spiro atoms. The summed E-state index contributed by atoms with van der Waals surface area (Å²) < 4.78 is 15.7. The molecule has 0 atom stereocenters. The summed E-state index contributed by atoms with van der Waals surface area (Å²) in [7, 11) is 0. The molecule has 1 N–H and O–H groups in total. The monoisotopic (exact) mass is 305 g/mol. The van der Waals surface area contributed by atoms with E-state index in [2.05, 4.69) is 20.3 Å². The van der Waals surface area contributed by atoms with Crippen molar-refractivity contribution >= 4 is 17.3 Å². The number of halogens is 1. The smallest absolute Gasteiger partial charge is 0.227 e. The van der Waals surface area contributed by atoms with Gasteiger partial charge in [0.05, 0.1) is 23.3 Å². The molecule has 4 aromatic rings. The van der Waals surface area contributed by atoms with Gasteiger partial charge in [-0.2, -0.15) is 0 Å². The highest BCUT2D eigenvalue weighted by atomic mass is 19.1. The Bertz CT molecular complexity index is 979. The maximum absolute atomic E-state index is 13.7. The minimum Gasteiger partial charge on any atom is -0.322 e. The minimum atomic E-state index is -0.351. The maximum atomic E-state index is 13.7. The van der Waals surface area contributed by atoms with Crippen molar-refractivity contribution in [3.63, 3.8) is 0 Å². The predicted octanol–water partition coefficient (Wildman–Crippen LogP) is 3.67. The average Bonchev–Trinajstić information content (AvgIpc) is 3.01. The Balaban J connectivity index is 1.73. The molecule has 0 aliphatic carbocycles. The second-order valence-corrected chi connectivity index (χ2v) is 4.94. The zero-order valence-electron chi connectivity index (χ0n) is 12.0. The van der Waals surface area contributed by atoms with Gasteiger partial charge in [0.2, 0.25) is 5.95 Å². The first-order valence-corrected chi connectivity index (χ1v) is 7.08. The molecule has 23 heavy (non-hydrogen) atoms. The van der Waals surface area contributed by atoms with E-state index in [-0.39, 0.29) is 5.82 Å². The summed E-state index contributed by atoms with van der Waals surface area (Å²) in [6.45, 7) is 0. The van der Waals surface area contributed by atoms with Crippen molar-refractivity contribution in [2.45, 2.75) is 0 Å². The normalized spacial score (nSPS) is 10.8. The topological polar surface area (TPSA) is 55.1 Å². The fourth-order valence-electron chi connectivity index (χ4n) is 2.37. The van der Waals surface area contributed by atoms with Crippen LogP contribution in [0.3, 0.4) is 0 Å². The summed E-state index contributed by atoms with van der Waals surface area (Å²) >= 11 is 0. The fraction of sp³-hybridized carbons (Fsp3) is 0. The Morgan fingerprint density at radius 1 is 0.957 bits per heavy atom. The molecule has 0 aliphatic rings. The second kappa shape index (κ2) is 5.49. The molecule has 0 amide bonds. The highest BCUT2D eigenvalue weighted by molar-refractivity contribution is 5.62. The third kappa shape index (κ3) is 2.50. The highest BCUT2D eigenvalue weighted by Crippen LogP contribution is 2.21. The largest absolute Gasteiger partial charge is 0.322 e. The molecule has 5 nitrogen and oxygen atoms in total. The molecule has 0 fully saturated rings. The van der Waals surface area contributed by atoms with Crippen LogP contribution in [0.1, 0.15) is 0 Å². The van der Waals surface area contributed by atoms with Gasteiger partial charge in [-0.15, -0.1) is 0 Å². The molecular weight excluding hydrogens is 293 g/mol. The van der Waals surface area contributed by atoms with Crippen LogP contribution in [-0.4, -0.2) is 19.4 Å². The molecular formula is C17H12FN5. The van der Waals surface area contributed by atoms with Crippen LogP contribution in [-0.2, 0) is 0 Å². The van der Waals surface area contributed by atoms with Crippen LogP contribution in [0.15, 0.2) is 67.1 Å². The van der Waals surface area contributed by atoms with E-state index < -0.39 is 0 Å². The van der Waals surface area contributed by atoms with Gasteiger partial charge in [-0.1, -0.05) is 18.2 Å². The number of nitrogens with one attached hydrogen (secondary N) is 1. The average molecular weight is 305 g/mol. The first kappa shape index (κ1) is 13.4. The lowest BCUT2D eigenvalue weighted by Crippen LogP contribution is -2.00. The molecule has 0 bridgehead atoms. The maximum Gasteiger partial charge on any atom is 0.227 e. The van der Waals surface area contributed by atoms with Crippen molar-refractivity contribution in [1.82, 2.24) is 19.4 Å². The fourth-order valence-corrected chi connectivity index (χ4v) is 2.37. The lowest BCUT2D eigenvalue weighted by atomic mass is 10.3. The summed E-state index contributed by atoms with van der Waals surface area (Å²) in [6.07, 6.45) is 5.31. The SMILES string of the molecule is Fc1ccccc1Nc1nccc(-c2cnc3ccccn23)n1. The summed E-state index contributed by atoms with van der Waals surface area (Å²) in [5.41, 5.74) is 2.73. The van der Waals surface area contributed by atoms with Crippen molar-refractivity contribution in [1.29, 1.82) is 0 Å². The predicted molar refractivity (Wildman–Crippen MR) is 85.9 cm³/mol. The number of fused-ring (bicyclic) bond motifs is 1. The van der Waals surface area contributed by atoms with E-state index in [1.54, 1.807) is 36.7 Å². The van der Waals surface area contributed by atoms with Crippen molar-refractivity contribution in [2.75, 3.05) is 5.32 Å². The van der Waals surface area contributed by atoms with Crippen LogP contribution >= 0.6 is 0 Å². The van der Waals surface area contributed by atoms with E-state index >= 15 is 0 Å². The van der Waals surface area contributed by atoms with E-state index in [9.17, 15) is 4.39 Å². The van der Waals surface area contributed by atoms with Crippen LogP contribution < -0.4 is 5.32 Å². The number of pyridine rings is 1. The van der Waals surface area contributed by atoms with Crippen molar-refractivity contribution in [3.05, 3.63) is 72.9 Å². The number of anilines is 2. The van der Waals surface area contributed by atoms with E-state index in [1.165, 1.54) is 6.07 Å². The first-order valence-electron chi connectivity index (χ1n) is 7.08. The summed E-state index contributed by atoms with van der Waals surface area (Å²) in [6, 6.07) is 14.0. The zero-order valence-corrected chi connectivity index (χ0v) is 12.0. The van der Waals surface area contributed by atoms with E-state index in [1.807, 2.05) is 28.8 Å². The molecule has 0 saturated carbocycles. The van der Waals surface area contributed by atoms with Crippen molar-refractivity contribution in [2.24, 2.45) is 0 Å². The molecule has 112 valence electrons. The highest BCUT2D eigenvalue weighted by Gasteiger charge is 2.09. The summed E-state index contributed by atoms with van der Waals surface area (Å²) in [5, 5.41) is 2.90. The van der Waals surface area contributed by atoms with Gasteiger partial charge in [0.1, 0.15) is 11.5 Å². The Labute approximate surface area is 131 Å². The standard InChI is InChI=1S/C17H12FN5/c18-12-5-1-2-6-13(12)21-17-19-9-8-14(22-17)15-11-20-16-7-3-4-10-23(15)16/h1-11H,(H,19,21,22). The van der Waals surface area contributed by atoms with Gasteiger partial charge in [0.25, 0.3) is 0 Å². The molecule has 0 radical (unpaired) electrons. The van der Waals surface area contributed by atoms with E-state index in [0.29, 0.717) is 17.3 Å². The van der Waals surface area contributed by atoms with Crippen LogP contribution in [0, 0.1) is 5.82 Å². The van der Waals surface area contributed by atoms with Crippen molar-refractivity contribution < 1.29 is 4.39 Å². The van der Waals surface area contributed by atoms with Crippen molar-refractivity contribution in [3.8, 4) is 11.4 Å². The van der Waals surface area contributed by atoms with E-state index in [4.69, 9.17) is 0 Å². The zero-order chi connectivity index (χ0) is 15.6.